The number of methoxy groups -OCH3 is 3. The largest absolute Gasteiger partial charge is 0.493 e. The molecule has 27 heavy (non-hydrogen) atoms. The van der Waals surface area contributed by atoms with Crippen LogP contribution in [0, 0.1) is 0 Å². The number of rotatable bonds is 5. The first-order valence-electron chi connectivity index (χ1n) is 7.30. The molecule has 0 aromatic heterocycles. The molecule has 0 unspecified atom stereocenters. The average Bonchev–Trinajstić information content (AvgIpc) is 2.61. The summed E-state index contributed by atoms with van der Waals surface area (Å²) in [5.41, 5.74) is -1.07. The molecule has 1 N–H and O–H groups in total. The van der Waals surface area contributed by atoms with Crippen molar-refractivity contribution in [3.05, 3.63) is 44.9 Å². The molecule has 10 heteroatoms. The lowest BCUT2D eigenvalue weighted by atomic mass is 10.1. The molecule has 0 fully saturated rings. The van der Waals surface area contributed by atoms with E-state index in [9.17, 15) is 18.0 Å². The predicted molar refractivity (Wildman–Crippen MR) is 98.2 cm³/mol. The predicted octanol–water partition coefficient (Wildman–Crippen LogP) is 5.40. The molecule has 2 rings (SSSR count). The number of hydrogen-bond donors (Lipinski definition) is 1. The van der Waals surface area contributed by atoms with Gasteiger partial charge in [0.2, 0.25) is 5.75 Å². The molecule has 0 heterocycles. The summed E-state index contributed by atoms with van der Waals surface area (Å²) < 4.78 is 54.5. The van der Waals surface area contributed by atoms with E-state index in [0.717, 1.165) is 18.2 Å². The molecule has 2 aromatic rings. The molecule has 0 bridgehead atoms. The Morgan fingerprint density at radius 3 is 2.22 bits per heavy atom. The van der Waals surface area contributed by atoms with Gasteiger partial charge in [0.1, 0.15) is 0 Å². The third kappa shape index (κ3) is 4.41. The van der Waals surface area contributed by atoms with Crippen LogP contribution in [0.3, 0.4) is 0 Å². The Balaban J connectivity index is 2.48. The number of alkyl halides is 3. The summed E-state index contributed by atoms with van der Waals surface area (Å²) >= 11 is 9.16. The highest BCUT2D eigenvalue weighted by atomic mass is 79.9. The van der Waals surface area contributed by atoms with Crippen LogP contribution in [-0.2, 0) is 6.18 Å². The normalized spacial score (nSPS) is 11.1. The van der Waals surface area contributed by atoms with E-state index in [1.165, 1.54) is 27.4 Å². The summed E-state index contributed by atoms with van der Waals surface area (Å²) in [6.07, 6.45) is -4.57. The molecule has 0 aliphatic rings. The van der Waals surface area contributed by atoms with Crippen LogP contribution in [0.2, 0.25) is 5.02 Å². The van der Waals surface area contributed by atoms with Crippen molar-refractivity contribution < 1.29 is 32.2 Å². The van der Waals surface area contributed by atoms with Crippen molar-refractivity contribution in [3.8, 4) is 17.2 Å². The van der Waals surface area contributed by atoms with E-state index in [-0.39, 0.29) is 38.0 Å². The average molecular weight is 469 g/mol. The Morgan fingerprint density at radius 1 is 1.07 bits per heavy atom. The zero-order chi connectivity index (χ0) is 20.4. The van der Waals surface area contributed by atoms with Crippen LogP contribution in [0.5, 0.6) is 17.2 Å². The minimum Gasteiger partial charge on any atom is -0.493 e. The third-order valence-electron chi connectivity index (χ3n) is 3.56. The van der Waals surface area contributed by atoms with Gasteiger partial charge in [-0.15, -0.1) is 0 Å². The van der Waals surface area contributed by atoms with Crippen molar-refractivity contribution in [2.75, 3.05) is 26.6 Å². The van der Waals surface area contributed by atoms with E-state index in [1.54, 1.807) is 0 Å². The fourth-order valence-electron chi connectivity index (χ4n) is 2.27. The van der Waals surface area contributed by atoms with E-state index in [0.29, 0.717) is 0 Å². The molecule has 2 aromatic carbocycles. The number of halogens is 5. The second kappa shape index (κ2) is 8.26. The lowest BCUT2D eigenvalue weighted by molar-refractivity contribution is -0.137. The number of carbonyl (C=O) groups excluding carboxylic acids is 1. The van der Waals surface area contributed by atoms with Crippen molar-refractivity contribution in [1.29, 1.82) is 0 Å². The molecule has 146 valence electrons. The Morgan fingerprint density at radius 2 is 1.70 bits per heavy atom. The molecule has 0 saturated carbocycles. The lowest BCUT2D eigenvalue weighted by Gasteiger charge is -2.17. The number of nitrogens with one attached hydrogen (secondary N) is 1. The second-order valence-electron chi connectivity index (χ2n) is 5.15. The minimum atomic E-state index is -4.57. The number of carbonyl (C=O) groups is 1. The zero-order valence-electron chi connectivity index (χ0n) is 14.3. The summed E-state index contributed by atoms with van der Waals surface area (Å²) in [7, 11) is 4.14. The van der Waals surface area contributed by atoms with Crippen molar-refractivity contribution in [1.82, 2.24) is 0 Å². The summed E-state index contributed by atoms with van der Waals surface area (Å²) in [4.78, 5) is 12.7. The molecule has 1 amide bonds. The van der Waals surface area contributed by atoms with E-state index in [4.69, 9.17) is 25.8 Å². The van der Waals surface area contributed by atoms with Gasteiger partial charge in [0.05, 0.1) is 47.6 Å². The van der Waals surface area contributed by atoms with E-state index in [2.05, 4.69) is 21.2 Å². The Kier molecular flexibility index (Phi) is 6.48. The monoisotopic (exact) mass is 467 g/mol. The van der Waals surface area contributed by atoms with Crippen LogP contribution in [0.15, 0.2) is 28.7 Å². The van der Waals surface area contributed by atoms with Gasteiger partial charge in [0.15, 0.2) is 11.5 Å². The van der Waals surface area contributed by atoms with Crippen molar-refractivity contribution in [2.45, 2.75) is 6.18 Å². The van der Waals surface area contributed by atoms with Gasteiger partial charge in [-0.25, -0.2) is 0 Å². The zero-order valence-corrected chi connectivity index (χ0v) is 16.7. The van der Waals surface area contributed by atoms with Crippen LogP contribution < -0.4 is 19.5 Å². The van der Waals surface area contributed by atoms with Gasteiger partial charge in [0.25, 0.3) is 5.91 Å². The number of anilines is 1. The molecule has 0 aliphatic heterocycles. The highest BCUT2D eigenvalue weighted by Crippen LogP contribution is 2.45. The summed E-state index contributed by atoms with van der Waals surface area (Å²) in [6, 6.07) is 4.01. The second-order valence-corrected chi connectivity index (χ2v) is 6.35. The number of benzene rings is 2. The van der Waals surface area contributed by atoms with Crippen molar-refractivity contribution >= 4 is 39.1 Å². The Hall–Kier alpha value is -2.13. The summed E-state index contributed by atoms with van der Waals surface area (Å²) in [5, 5.41) is 2.33. The number of ether oxygens (including phenoxy) is 3. The first kappa shape index (κ1) is 21.2. The van der Waals surface area contributed by atoms with Crippen LogP contribution in [0.4, 0.5) is 18.9 Å². The molecule has 0 spiro atoms. The standard InChI is InChI=1S/C17H14BrClF3NO4/c1-25-12-7-9(13(18)15(27-3)14(12)26-2)16(24)23-11-6-8(17(20,21)22)4-5-10(11)19/h4-7H,1-3H3,(H,23,24). The van der Waals surface area contributed by atoms with Crippen molar-refractivity contribution in [3.63, 3.8) is 0 Å². The molecule has 0 atom stereocenters. The highest BCUT2D eigenvalue weighted by Gasteiger charge is 2.31. The van der Waals surface area contributed by atoms with E-state index in [1.807, 2.05) is 0 Å². The highest BCUT2D eigenvalue weighted by molar-refractivity contribution is 9.10. The number of amides is 1. The fraction of sp³-hybridized carbons (Fsp3) is 0.235. The first-order chi connectivity index (χ1) is 12.6. The molecule has 5 nitrogen and oxygen atoms in total. The lowest BCUT2D eigenvalue weighted by Crippen LogP contribution is -2.15. The van der Waals surface area contributed by atoms with Crippen LogP contribution >= 0.6 is 27.5 Å². The van der Waals surface area contributed by atoms with Crippen LogP contribution in [0.1, 0.15) is 15.9 Å². The van der Waals surface area contributed by atoms with Gasteiger partial charge >= 0.3 is 6.18 Å². The maximum atomic E-state index is 12.9. The summed E-state index contributed by atoms with van der Waals surface area (Å²) in [6.45, 7) is 0. The molecule has 0 saturated heterocycles. The molecule has 0 radical (unpaired) electrons. The Bertz CT molecular complexity index is 874. The smallest absolute Gasteiger partial charge is 0.416 e. The van der Waals surface area contributed by atoms with Gasteiger partial charge in [0, 0.05) is 0 Å². The summed E-state index contributed by atoms with van der Waals surface area (Å²) in [5.74, 6) is -0.0714. The third-order valence-corrected chi connectivity index (χ3v) is 4.67. The first-order valence-corrected chi connectivity index (χ1v) is 8.47. The maximum absolute atomic E-state index is 12.9. The van der Waals surface area contributed by atoms with Crippen LogP contribution in [-0.4, -0.2) is 27.2 Å². The van der Waals surface area contributed by atoms with Crippen LogP contribution in [0.25, 0.3) is 0 Å². The van der Waals surface area contributed by atoms with E-state index >= 15 is 0 Å². The molecule has 0 aliphatic carbocycles. The van der Waals surface area contributed by atoms with Crippen molar-refractivity contribution in [2.24, 2.45) is 0 Å². The molecular formula is C17H14BrClF3NO4. The van der Waals surface area contributed by atoms with Gasteiger partial charge in [-0.2, -0.15) is 13.2 Å². The van der Waals surface area contributed by atoms with Gasteiger partial charge in [-0.1, -0.05) is 11.6 Å². The van der Waals surface area contributed by atoms with Gasteiger partial charge in [-0.05, 0) is 40.2 Å². The fourth-order valence-corrected chi connectivity index (χ4v) is 3.07. The van der Waals surface area contributed by atoms with Gasteiger partial charge in [-0.3, -0.25) is 4.79 Å². The quantitative estimate of drug-likeness (QED) is 0.638. The minimum absolute atomic E-state index is 0.0417. The topological polar surface area (TPSA) is 56.8 Å². The van der Waals surface area contributed by atoms with E-state index < -0.39 is 17.6 Å². The maximum Gasteiger partial charge on any atom is 0.416 e. The Labute approximate surface area is 166 Å². The molecular weight excluding hydrogens is 455 g/mol. The number of hydrogen-bond acceptors (Lipinski definition) is 4. The SMILES string of the molecule is COc1cc(C(=O)Nc2cc(C(F)(F)F)ccc2Cl)c(Br)c(OC)c1OC. The van der Waals surface area contributed by atoms with Gasteiger partial charge < -0.3 is 19.5 Å².